The molecule has 0 radical (unpaired) electrons. The summed E-state index contributed by atoms with van der Waals surface area (Å²) >= 11 is 0. The summed E-state index contributed by atoms with van der Waals surface area (Å²) in [6.07, 6.45) is 0. The Hall–Kier alpha value is -0.000260. The van der Waals surface area contributed by atoms with E-state index in [0.717, 1.165) is 0 Å². The molecule has 0 aliphatic heterocycles. The quantitative estimate of drug-likeness (QED) is 0.244. The maximum absolute atomic E-state index is 9.69. The Morgan fingerprint density at radius 1 is 1.56 bits per heavy atom. The molecule has 0 atom stereocenters. The van der Waals surface area contributed by atoms with Crippen LogP contribution in [-0.4, -0.2) is 61.3 Å². The van der Waals surface area contributed by atoms with E-state index in [4.69, 9.17) is 16.6 Å². The minimum Gasteiger partial charge on any atom is -0.480 e. The summed E-state index contributed by atoms with van der Waals surface area (Å²) in [5.74, 6) is -1.24. The van der Waals surface area contributed by atoms with E-state index in [1.807, 2.05) is 0 Å². The van der Waals surface area contributed by atoms with Crippen molar-refractivity contribution in [3.05, 3.63) is 0 Å². The van der Waals surface area contributed by atoms with Crippen LogP contribution in [-0.2, 0) is 4.79 Å². The number of nitrogens with zero attached hydrogens (tertiary/aromatic N) is 1. The topological polar surface area (TPSA) is 102 Å². The predicted molar refractivity (Wildman–Crippen MR) is 34.1 cm³/mol. The van der Waals surface area contributed by atoms with Gasteiger partial charge in [-0.25, -0.2) is 4.99 Å². The molecule has 0 aromatic carbocycles. The average Bonchev–Trinajstić information content (AvgIpc) is 1.61. The molecule has 0 aromatic rings. The van der Waals surface area contributed by atoms with Gasteiger partial charge in [0.1, 0.15) is 6.54 Å². The van der Waals surface area contributed by atoms with Crippen molar-refractivity contribution < 1.29 is 9.90 Å². The van der Waals surface area contributed by atoms with Gasteiger partial charge in [0.2, 0.25) is 0 Å². The van der Waals surface area contributed by atoms with Crippen LogP contribution >= 0.6 is 0 Å². The summed E-state index contributed by atoms with van der Waals surface area (Å²) in [5, 5.41) is 7.94. The molecule has 0 rings (SSSR count). The molecule has 0 saturated carbocycles. The molecule has 0 fully saturated rings. The van der Waals surface area contributed by atoms with Crippen molar-refractivity contribution in [2.45, 2.75) is 0 Å². The molecule has 0 aromatic heterocycles. The number of carboxylic acid groups (broad SMARTS) is 1. The van der Waals surface area contributed by atoms with E-state index in [2.05, 4.69) is 4.99 Å². The van der Waals surface area contributed by atoms with Gasteiger partial charge in [0.15, 0.2) is 5.96 Å². The molecule has 0 aliphatic carbocycles. The molecular weight excluding hydrogens is 150 g/mol. The van der Waals surface area contributed by atoms with E-state index in [1.165, 1.54) is 0 Å². The molecular formula is C3H7CaN3O2+2. The van der Waals surface area contributed by atoms with Gasteiger partial charge in [-0.05, 0) is 0 Å². The van der Waals surface area contributed by atoms with Crippen LogP contribution in [0.5, 0.6) is 0 Å². The van der Waals surface area contributed by atoms with Crippen LogP contribution in [0.15, 0.2) is 4.99 Å². The van der Waals surface area contributed by atoms with Crippen molar-refractivity contribution in [2.75, 3.05) is 6.54 Å². The summed E-state index contributed by atoms with van der Waals surface area (Å²) in [7, 11) is 0. The minimum atomic E-state index is -1.04. The Morgan fingerprint density at radius 3 is 2.11 bits per heavy atom. The normalized spacial score (nSPS) is 7.11. The second-order valence-electron chi connectivity index (χ2n) is 1.13. The van der Waals surface area contributed by atoms with Crippen molar-refractivity contribution in [3.63, 3.8) is 0 Å². The fourth-order valence-electron chi connectivity index (χ4n) is 0.159. The molecule has 6 heteroatoms. The van der Waals surface area contributed by atoms with Gasteiger partial charge in [0.05, 0.1) is 0 Å². The minimum absolute atomic E-state index is 0. The Bertz CT molecular complexity index is 120. The monoisotopic (exact) mass is 157 g/mol. The Morgan fingerprint density at radius 2 is 2.00 bits per heavy atom. The Kier molecular flexibility index (Phi) is 8.00. The van der Waals surface area contributed by atoms with E-state index in [-0.39, 0.29) is 50.2 Å². The van der Waals surface area contributed by atoms with Gasteiger partial charge >= 0.3 is 43.7 Å². The van der Waals surface area contributed by atoms with E-state index in [1.54, 1.807) is 0 Å². The molecule has 5 nitrogen and oxygen atoms in total. The van der Waals surface area contributed by atoms with Crippen molar-refractivity contribution in [1.29, 1.82) is 0 Å². The van der Waals surface area contributed by atoms with E-state index < -0.39 is 5.97 Å². The maximum atomic E-state index is 9.69. The zero-order chi connectivity index (χ0) is 6.57. The number of hydrogen-bond acceptors (Lipinski definition) is 2. The molecule has 0 saturated heterocycles. The first-order valence-electron chi connectivity index (χ1n) is 1.90. The molecule has 0 unspecified atom stereocenters. The standard InChI is InChI=1S/C3H7N3O2.Ca/c4-3(5)6-1-2(7)8;/h1H2,(H,7,8)(H4,4,5,6);/q;+2. The first-order chi connectivity index (χ1) is 3.63. The number of nitrogens with two attached hydrogens (primary N) is 2. The summed E-state index contributed by atoms with van der Waals surface area (Å²) in [6.45, 7) is -0.359. The number of aliphatic imine (C=N–C) groups is 1. The fourth-order valence-corrected chi connectivity index (χ4v) is 0.159. The molecule has 0 amide bonds. The smallest absolute Gasteiger partial charge is 0.480 e. The van der Waals surface area contributed by atoms with Crippen LogP contribution in [0.1, 0.15) is 0 Å². The van der Waals surface area contributed by atoms with Crippen molar-refractivity contribution in [3.8, 4) is 0 Å². The van der Waals surface area contributed by atoms with Crippen LogP contribution in [0, 0.1) is 0 Å². The van der Waals surface area contributed by atoms with Crippen LogP contribution in [0.2, 0.25) is 0 Å². The third kappa shape index (κ3) is 11.5. The number of carbonyl (C=O) groups is 1. The van der Waals surface area contributed by atoms with Crippen molar-refractivity contribution >= 4 is 49.7 Å². The molecule has 0 aliphatic rings. The number of guanidine groups is 1. The third-order valence-electron chi connectivity index (χ3n) is 0.397. The van der Waals surface area contributed by atoms with Gasteiger partial charge in [-0.1, -0.05) is 0 Å². The molecule has 46 valence electrons. The largest absolute Gasteiger partial charge is 2.00 e. The van der Waals surface area contributed by atoms with E-state index >= 15 is 0 Å². The average molecular weight is 157 g/mol. The van der Waals surface area contributed by atoms with Crippen LogP contribution in [0.4, 0.5) is 0 Å². The second-order valence-corrected chi connectivity index (χ2v) is 1.13. The fraction of sp³-hybridized carbons (Fsp3) is 0.333. The SMILES string of the molecule is NC(N)=NCC(=O)O.[Ca+2]. The summed E-state index contributed by atoms with van der Waals surface area (Å²) in [5.41, 5.74) is 9.61. The van der Waals surface area contributed by atoms with Crippen LogP contribution in [0.3, 0.4) is 0 Å². The summed E-state index contributed by atoms with van der Waals surface area (Å²) < 4.78 is 0. The predicted octanol–water partition coefficient (Wildman–Crippen LogP) is -2.04. The van der Waals surface area contributed by atoms with Gasteiger partial charge in [0.25, 0.3) is 0 Å². The Labute approximate surface area is 82.1 Å². The van der Waals surface area contributed by atoms with E-state index in [9.17, 15) is 4.79 Å². The van der Waals surface area contributed by atoms with Gasteiger partial charge in [-0.2, -0.15) is 0 Å². The number of carboxylic acids is 1. The van der Waals surface area contributed by atoms with Crippen molar-refractivity contribution in [2.24, 2.45) is 16.5 Å². The molecule has 5 N–H and O–H groups in total. The van der Waals surface area contributed by atoms with Crippen LogP contribution < -0.4 is 11.5 Å². The number of aliphatic carboxylic acids is 1. The second kappa shape index (κ2) is 6.12. The van der Waals surface area contributed by atoms with Gasteiger partial charge in [-0.3, -0.25) is 4.79 Å². The van der Waals surface area contributed by atoms with Gasteiger partial charge < -0.3 is 16.6 Å². The molecule has 0 bridgehead atoms. The van der Waals surface area contributed by atoms with Gasteiger partial charge in [-0.15, -0.1) is 0 Å². The summed E-state index contributed by atoms with van der Waals surface area (Å²) in [4.78, 5) is 12.9. The number of hydrogen-bond donors (Lipinski definition) is 3. The first kappa shape index (κ1) is 11.8. The third-order valence-corrected chi connectivity index (χ3v) is 0.397. The zero-order valence-corrected chi connectivity index (χ0v) is 7.08. The first-order valence-corrected chi connectivity index (χ1v) is 1.90. The zero-order valence-electron chi connectivity index (χ0n) is 4.87. The van der Waals surface area contributed by atoms with Gasteiger partial charge in [0, 0.05) is 0 Å². The van der Waals surface area contributed by atoms with E-state index in [0.29, 0.717) is 0 Å². The molecule has 9 heavy (non-hydrogen) atoms. The Balaban J connectivity index is 0. The molecule has 0 spiro atoms. The van der Waals surface area contributed by atoms with Crippen molar-refractivity contribution in [1.82, 2.24) is 0 Å². The number of rotatable bonds is 2. The van der Waals surface area contributed by atoms with Crippen LogP contribution in [0.25, 0.3) is 0 Å². The summed E-state index contributed by atoms with van der Waals surface area (Å²) in [6, 6.07) is 0. The maximum Gasteiger partial charge on any atom is 2.00 e. The molecule has 0 heterocycles.